The van der Waals surface area contributed by atoms with Gasteiger partial charge < -0.3 is 15.0 Å². The molecule has 116 valence electrons. The zero-order valence-corrected chi connectivity index (χ0v) is 13.5. The molecule has 2 heterocycles. The van der Waals surface area contributed by atoms with Crippen molar-refractivity contribution in [1.29, 1.82) is 0 Å². The molecule has 1 N–H and O–H groups in total. The number of carbonyl (C=O) groups excluding carboxylic acids is 1. The molecule has 7 heteroatoms. The van der Waals surface area contributed by atoms with Crippen LogP contribution in [0.2, 0.25) is 5.15 Å². The first-order valence-electron chi connectivity index (χ1n) is 6.96. The maximum atomic E-state index is 12.1. The highest BCUT2D eigenvalue weighted by atomic mass is 35.5. The molecule has 21 heavy (non-hydrogen) atoms. The molecule has 2 atom stereocenters. The Morgan fingerprint density at radius 2 is 2.14 bits per heavy atom. The first-order valence-corrected chi connectivity index (χ1v) is 7.34. The molecule has 1 amide bonds. The molecule has 0 bridgehead atoms. The number of nitrogens with one attached hydrogen (secondary N) is 1. The third kappa shape index (κ3) is 4.46. The monoisotopic (exact) mass is 312 g/mol. The Morgan fingerprint density at radius 3 is 2.76 bits per heavy atom. The van der Waals surface area contributed by atoms with Crippen molar-refractivity contribution in [2.75, 3.05) is 18.4 Å². The van der Waals surface area contributed by atoms with Gasteiger partial charge in [0.05, 0.1) is 12.4 Å². The Bertz CT molecular complexity index is 518. The maximum absolute atomic E-state index is 12.1. The van der Waals surface area contributed by atoms with E-state index in [-0.39, 0.29) is 12.1 Å². The van der Waals surface area contributed by atoms with E-state index in [9.17, 15) is 4.79 Å². The van der Waals surface area contributed by atoms with Crippen LogP contribution in [-0.2, 0) is 4.74 Å². The summed E-state index contributed by atoms with van der Waals surface area (Å²) in [6, 6.07) is 0.102. The van der Waals surface area contributed by atoms with Gasteiger partial charge in [-0.3, -0.25) is 4.98 Å². The van der Waals surface area contributed by atoms with Gasteiger partial charge in [0.2, 0.25) is 0 Å². The van der Waals surface area contributed by atoms with Crippen LogP contribution >= 0.6 is 11.6 Å². The van der Waals surface area contributed by atoms with Crippen molar-refractivity contribution in [2.45, 2.75) is 39.3 Å². The lowest BCUT2D eigenvalue weighted by molar-refractivity contribution is 0.0288. The Morgan fingerprint density at radius 1 is 1.43 bits per heavy atom. The predicted molar refractivity (Wildman–Crippen MR) is 81.4 cm³/mol. The molecular weight excluding hydrogens is 292 g/mol. The summed E-state index contributed by atoms with van der Waals surface area (Å²) in [5, 5.41) is 3.61. The molecule has 2 rings (SSSR count). The van der Waals surface area contributed by atoms with Crippen molar-refractivity contribution in [3.63, 3.8) is 0 Å². The Labute approximate surface area is 129 Å². The van der Waals surface area contributed by atoms with E-state index in [1.165, 1.54) is 6.20 Å². The lowest BCUT2D eigenvalue weighted by Crippen LogP contribution is -2.36. The summed E-state index contributed by atoms with van der Waals surface area (Å²) < 4.78 is 5.40. The molecule has 1 fully saturated rings. The summed E-state index contributed by atoms with van der Waals surface area (Å²) in [6.07, 6.45) is 2.82. The number of likely N-dealkylation sites (tertiary alicyclic amines) is 1. The van der Waals surface area contributed by atoms with Crippen molar-refractivity contribution in [3.05, 3.63) is 17.5 Å². The Hall–Kier alpha value is -1.56. The van der Waals surface area contributed by atoms with E-state index in [1.807, 2.05) is 20.8 Å². The van der Waals surface area contributed by atoms with Crippen molar-refractivity contribution in [2.24, 2.45) is 5.92 Å². The molecule has 6 nitrogen and oxygen atoms in total. The van der Waals surface area contributed by atoms with Crippen LogP contribution in [-0.4, -0.2) is 45.7 Å². The lowest BCUT2D eigenvalue weighted by Gasteiger charge is -2.24. The molecule has 1 aromatic heterocycles. The summed E-state index contributed by atoms with van der Waals surface area (Å²) in [5.74, 6) is 0.906. The number of aromatic nitrogens is 2. The van der Waals surface area contributed by atoms with Gasteiger partial charge in [0.1, 0.15) is 16.6 Å². The van der Waals surface area contributed by atoms with Gasteiger partial charge in [-0.2, -0.15) is 0 Å². The van der Waals surface area contributed by atoms with Gasteiger partial charge in [-0.05, 0) is 26.7 Å². The minimum absolute atomic E-state index is 0.102. The van der Waals surface area contributed by atoms with E-state index in [2.05, 4.69) is 22.2 Å². The molecule has 0 unspecified atom stereocenters. The summed E-state index contributed by atoms with van der Waals surface area (Å²) in [6.45, 7) is 8.90. The van der Waals surface area contributed by atoms with E-state index in [4.69, 9.17) is 16.3 Å². The van der Waals surface area contributed by atoms with Crippen LogP contribution in [0.25, 0.3) is 0 Å². The van der Waals surface area contributed by atoms with Crippen LogP contribution < -0.4 is 5.32 Å². The molecule has 0 radical (unpaired) electrons. The van der Waals surface area contributed by atoms with Gasteiger partial charge in [-0.25, -0.2) is 9.78 Å². The lowest BCUT2D eigenvalue weighted by atomic mass is 10.1. The van der Waals surface area contributed by atoms with Crippen molar-refractivity contribution in [1.82, 2.24) is 14.9 Å². The second-order valence-electron chi connectivity index (χ2n) is 6.34. The van der Waals surface area contributed by atoms with E-state index < -0.39 is 5.60 Å². The second kappa shape index (κ2) is 6.05. The third-order valence-electron chi connectivity index (χ3n) is 3.20. The quantitative estimate of drug-likeness (QED) is 0.909. The minimum atomic E-state index is -0.482. The molecule has 0 spiro atoms. The normalized spacial score (nSPS) is 22.2. The highest BCUT2D eigenvalue weighted by Gasteiger charge is 2.34. The molecular formula is C14H21ClN4O2. The van der Waals surface area contributed by atoms with Crippen LogP contribution in [0.5, 0.6) is 0 Å². The number of amides is 1. The van der Waals surface area contributed by atoms with Crippen molar-refractivity contribution in [3.8, 4) is 0 Å². The number of carbonyl (C=O) groups is 1. The van der Waals surface area contributed by atoms with Crippen LogP contribution in [0.1, 0.15) is 27.7 Å². The predicted octanol–water partition coefficient (Wildman–Crippen LogP) is 2.80. The number of halogens is 1. The SMILES string of the molecule is C[C@@H]1CN(C(=O)OC(C)(C)C)C[C@@H]1Nc1cncc(Cl)n1. The molecule has 0 aromatic carbocycles. The summed E-state index contributed by atoms with van der Waals surface area (Å²) in [5.41, 5.74) is -0.482. The molecule has 1 saturated heterocycles. The van der Waals surface area contributed by atoms with E-state index >= 15 is 0 Å². The minimum Gasteiger partial charge on any atom is -0.444 e. The van der Waals surface area contributed by atoms with Crippen molar-refractivity contribution >= 4 is 23.5 Å². The zero-order chi connectivity index (χ0) is 15.6. The summed E-state index contributed by atoms with van der Waals surface area (Å²) in [7, 11) is 0. The molecule has 0 saturated carbocycles. The first-order chi connectivity index (χ1) is 9.74. The highest BCUT2D eigenvalue weighted by molar-refractivity contribution is 6.29. The largest absolute Gasteiger partial charge is 0.444 e. The van der Waals surface area contributed by atoms with E-state index in [1.54, 1.807) is 11.1 Å². The van der Waals surface area contributed by atoms with Gasteiger partial charge >= 0.3 is 6.09 Å². The third-order valence-corrected chi connectivity index (χ3v) is 3.38. The van der Waals surface area contributed by atoms with Gasteiger partial charge in [0.15, 0.2) is 0 Å². The number of anilines is 1. The van der Waals surface area contributed by atoms with Crippen LogP contribution in [0.3, 0.4) is 0 Å². The summed E-state index contributed by atoms with van der Waals surface area (Å²) >= 11 is 5.82. The van der Waals surface area contributed by atoms with Crippen LogP contribution in [0.4, 0.5) is 10.6 Å². The average molecular weight is 313 g/mol. The Balaban J connectivity index is 1.96. The number of rotatable bonds is 2. The highest BCUT2D eigenvalue weighted by Crippen LogP contribution is 2.22. The van der Waals surface area contributed by atoms with Gasteiger partial charge in [0, 0.05) is 19.1 Å². The van der Waals surface area contributed by atoms with Gasteiger partial charge in [-0.1, -0.05) is 18.5 Å². The van der Waals surface area contributed by atoms with E-state index in [0.29, 0.717) is 30.0 Å². The van der Waals surface area contributed by atoms with Crippen molar-refractivity contribution < 1.29 is 9.53 Å². The standard InChI is InChI=1S/C14H21ClN4O2/c1-9-7-19(13(20)21-14(2,3)4)8-10(9)17-12-6-16-5-11(15)18-12/h5-6,9-10H,7-8H2,1-4H3,(H,17,18)/t9-,10+/m1/s1. The zero-order valence-electron chi connectivity index (χ0n) is 12.8. The fourth-order valence-electron chi connectivity index (χ4n) is 2.23. The average Bonchev–Trinajstić information content (AvgIpc) is 2.69. The fraction of sp³-hybridized carbons (Fsp3) is 0.643. The van der Waals surface area contributed by atoms with Crippen LogP contribution in [0.15, 0.2) is 12.4 Å². The number of hydrogen-bond acceptors (Lipinski definition) is 5. The topological polar surface area (TPSA) is 67.3 Å². The molecule has 1 aliphatic heterocycles. The maximum Gasteiger partial charge on any atom is 0.410 e. The van der Waals surface area contributed by atoms with Gasteiger partial charge in [-0.15, -0.1) is 0 Å². The number of hydrogen-bond donors (Lipinski definition) is 1. The van der Waals surface area contributed by atoms with Gasteiger partial charge in [0.25, 0.3) is 0 Å². The number of nitrogens with zero attached hydrogens (tertiary/aromatic N) is 3. The number of ether oxygens (including phenoxy) is 1. The molecule has 1 aliphatic rings. The Kier molecular flexibility index (Phi) is 4.56. The molecule has 0 aliphatic carbocycles. The fourth-order valence-corrected chi connectivity index (χ4v) is 2.38. The van der Waals surface area contributed by atoms with E-state index in [0.717, 1.165) is 0 Å². The smallest absolute Gasteiger partial charge is 0.410 e. The van der Waals surface area contributed by atoms with Crippen LogP contribution in [0, 0.1) is 5.92 Å². The molecule has 1 aromatic rings. The first kappa shape index (κ1) is 15.8. The second-order valence-corrected chi connectivity index (χ2v) is 6.73. The summed E-state index contributed by atoms with van der Waals surface area (Å²) in [4.78, 5) is 21.9.